The number of ether oxygens (including phenoxy) is 1. The van der Waals surface area contributed by atoms with Crippen molar-refractivity contribution in [3.63, 3.8) is 0 Å². The van der Waals surface area contributed by atoms with Crippen LogP contribution in [0.5, 0.6) is 5.75 Å². The van der Waals surface area contributed by atoms with E-state index in [2.05, 4.69) is 10.4 Å². The molecule has 0 amide bonds. The van der Waals surface area contributed by atoms with E-state index in [0.29, 0.717) is 0 Å². The van der Waals surface area contributed by atoms with E-state index < -0.39 is 0 Å². The number of aromatic nitrogens is 1. The zero-order valence-corrected chi connectivity index (χ0v) is 11.6. The molecule has 0 saturated heterocycles. The first-order valence-corrected chi connectivity index (χ1v) is 6.76. The Bertz CT molecular complexity index is 749. The Kier molecular flexibility index (Phi) is 2.87. The lowest BCUT2D eigenvalue weighted by Crippen LogP contribution is -1.88. The fourth-order valence-electron chi connectivity index (χ4n) is 2.19. The molecule has 0 bridgehead atoms. The molecule has 1 heterocycles. The molecule has 0 aliphatic rings. The Balaban J connectivity index is 2.18. The van der Waals surface area contributed by atoms with E-state index in [1.54, 1.807) is 7.11 Å². The molecule has 0 radical (unpaired) electrons. The number of methoxy groups -OCH3 is 1. The lowest BCUT2D eigenvalue weighted by Gasteiger charge is -2.06. The minimum Gasteiger partial charge on any atom is -0.496 e. The SMILES string of the molecule is COc1ccc(-c2nsc3ccc(N)cc23)cc1C. The van der Waals surface area contributed by atoms with Gasteiger partial charge in [-0.05, 0) is 60.4 Å². The number of anilines is 1. The summed E-state index contributed by atoms with van der Waals surface area (Å²) in [6, 6.07) is 12.0. The molecule has 3 aromatic rings. The summed E-state index contributed by atoms with van der Waals surface area (Å²) < 4.78 is 11.0. The molecule has 4 heteroatoms. The molecule has 3 rings (SSSR count). The van der Waals surface area contributed by atoms with Crippen LogP contribution >= 0.6 is 11.5 Å². The maximum Gasteiger partial charge on any atom is 0.121 e. The average Bonchev–Trinajstić information content (AvgIpc) is 2.81. The number of nitrogens with zero attached hydrogens (tertiary/aromatic N) is 1. The summed E-state index contributed by atoms with van der Waals surface area (Å²) in [5.74, 6) is 0.891. The van der Waals surface area contributed by atoms with Crippen LogP contribution in [0.15, 0.2) is 36.4 Å². The van der Waals surface area contributed by atoms with Gasteiger partial charge in [-0.3, -0.25) is 0 Å². The minimum atomic E-state index is 0.763. The average molecular weight is 270 g/mol. The van der Waals surface area contributed by atoms with Gasteiger partial charge in [0.1, 0.15) is 5.75 Å². The third kappa shape index (κ3) is 2.04. The molecule has 2 N–H and O–H groups in total. The van der Waals surface area contributed by atoms with Gasteiger partial charge in [-0.15, -0.1) is 0 Å². The number of hydrogen-bond donors (Lipinski definition) is 1. The quantitative estimate of drug-likeness (QED) is 0.719. The van der Waals surface area contributed by atoms with Crippen LogP contribution in [0.25, 0.3) is 21.3 Å². The van der Waals surface area contributed by atoms with Gasteiger partial charge in [0.15, 0.2) is 0 Å². The summed E-state index contributed by atoms with van der Waals surface area (Å²) >= 11 is 1.50. The van der Waals surface area contributed by atoms with Gasteiger partial charge in [0.2, 0.25) is 0 Å². The highest BCUT2D eigenvalue weighted by molar-refractivity contribution is 7.13. The van der Waals surface area contributed by atoms with Crippen molar-refractivity contribution in [1.29, 1.82) is 0 Å². The predicted molar refractivity (Wildman–Crippen MR) is 80.8 cm³/mol. The van der Waals surface area contributed by atoms with Gasteiger partial charge in [-0.1, -0.05) is 0 Å². The van der Waals surface area contributed by atoms with Gasteiger partial charge in [0.25, 0.3) is 0 Å². The summed E-state index contributed by atoms with van der Waals surface area (Å²) in [6.07, 6.45) is 0. The predicted octanol–water partition coefficient (Wildman–Crippen LogP) is 3.86. The number of aryl methyl sites for hydroxylation is 1. The fourth-order valence-corrected chi connectivity index (χ4v) is 2.97. The van der Waals surface area contributed by atoms with Crippen molar-refractivity contribution >= 4 is 27.3 Å². The maximum absolute atomic E-state index is 5.86. The van der Waals surface area contributed by atoms with Crippen LogP contribution in [-0.4, -0.2) is 11.5 Å². The highest BCUT2D eigenvalue weighted by Gasteiger charge is 2.10. The van der Waals surface area contributed by atoms with Gasteiger partial charge < -0.3 is 10.5 Å². The van der Waals surface area contributed by atoms with E-state index in [-0.39, 0.29) is 0 Å². The number of benzene rings is 2. The Morgan fingerprint density at radius 1 is 1.16 bits per heavy atom. The van der Waals surface area contributed by atoms with E-state index in [1.165, 1.54) is 11.5 Å². The standard InChI is InChI=1S/C15H14N2OS/c1-9-7-10(3-5-13(9)18-2)15-12-8-11(16)4-6-14(12)19-17-15/h3-8H,16H2,1-2H3. The number of nitrogens with two attached hydrogens (primary N) is 1. The Hall–Kier alpha value is -2.07. The second-order valence-corrected chi connectivity index (χ2v) is 5.28. The van der Waals surface area contributed by atoms with Crippen molar-refractivity contribution in [1.82, 2.24) is 4.37 Å². The Labute approximate surface area is 115 Å². The van der Waals surface area contributed by atoms with E-state index in [9.17, 15) is 0 Å². The molecule has 19 heavy (non-hydrogen) atoms. The van der Waals surface area contributed by atoms with Gasteiger partial charge in [0.05, 0.1) is 17.5 Å². The summed E-state index contributed by atoms with van der Waals surface area (Å²) in [4.78, 5) is 0. The van der Waals surface area contributed by atoms with Crippen molar-refractivity contribution in [2.24, 2.45) is 0 Å². The van der Waals surface area contributed by atoms with Crippen LogP contribution in [0.2, 0.25) is 0 Å². The van der Waals surface area contributed by atoms with Crippen molar-refractivity contribution in [3.05, 3.63) is 42.0 Å². The normalized spacial score (nSPS) is 10.8. The molecular weight excluding hydrogens is 256 g/mol. The molecule has 2 aromatic carbocycles. The number of rotatable bonds is 2. The molecule has 1 aromatic heterocycles. The molecular formula is C15H14N2OS. The molecule has 0 aliphatic heterocycles. The van der Waals surface area contributed by atoms with Crippen LogP contribution in [0, 0.1) is 6.92 Å². The Morgan fingerprint density at radius 2 is 2.00 bits per heavy atom. The zero-order chi connectivity index (χ0) is 13.4. The molecule has 3 nitrogen and oxygen atoms in total. The minimum absolute atomic E-state index is 0.763. The van der Waals surface area contributed by atoms with Gasteiger partial charge >= 0.3 is 0 Å². The first-order chi connectivity index (χ1) is 9.19. The van der Waals surface area contributed by atoms with Crippen LogP contribution < -0.4 is 10.5 Å². The molecule has 0 fully saturated rings. The van der Waals surface area contributed by atoms with Crippen molar-refractivity contribution < 1.29 is 4.74 Å². The lowest BCUT2D eigenvalue weighted by atomic mass is 10.0. The molecule has 0 aliphatic carbocycles. The van der Waals surface area contributed by atoms with E-state index in [4.69, 9.17) is 10.5 Å². The fraction of sp³-hybridized carbons (Fsp3) is 0.133. The van der Waals surface area contributed by atoms with Crippen LogP contribution in [0.3, 0.4) is 0 Å². The largest absolute Gasteiger partial charge is 0.496 e. The first-order valence-electron chi connectivity index (χ1n) is 5.99. The van der Waals surface area contributed by atoms with E-state index in [1.807, 2.05) is 37.3 Å². The summed E-state index contributed by atoms with van der Waals surface area (Å²) in [7, 11) is 1.68. The van der Waals surface area contributed by atoms with Crippen molar-refractivity contribution in [3.8, 4) is 17.0 Å². The number of hydrogen-bond acceptors (Lipinski definition) is 4. The van der Waals surface area contributed by atoms with Crippen LogP contribution in [-0.2, 0) is 0 Å². The van der Waals surface area contributed by atoms with Gasteiger partial charge in [-0.25, -0.2) is 0 Å². The smallest absolute Gasteiger partial charge is 0.121 e. The van der Waals surface area contributed by atoms with E-state index in [0.717, 1.165) is 38.3 Å². The molecule has 0 unspecified atom stereocenters. The number of fused-ring (bicyclic) bond motifs is 1. The second kappa shape index (κ2) is 4.55. The zero-order valence-electron chi connectivity index (χ0n) is 10.8. The van der Waals surface area contributed by atoms with E-state index >= 15 is 0 Å². The Morgan fingerprint density at radius 3 is 2.74 bits per heavy atom. The van der Waals surface area contributed by atoms with Crippen molar-refractivity contribution in [2.75, 3.05) is 12.8 Å². The highest BCUT2D eigenvalue weighted by Crippen LogP contribution is 2.33. The monoisotopic (exact) mass is 270 g/mol. The number of nitrogen functional groups attached to an aromatic ring is 1. The maximum atomic E-state index is 5.86. The summed E-state index contributed by atoms with van der Waals surface area (Å²) in [5, 5.41) is 1.11. The second-order valence-electron chi connectivity index (χ2n) is 4.47. The lowest BCUT2D eigenvalue weighted by molar-refractivity contribution is 0.412. The van der Waals surface area contributed by atoms with Crippen LogP contribution in [0.1, 0.15) is 5.56 Å². The molecule has 96 valence electrons. The summed E-state index contributed by atoms with van der Waals surface area (Å²) in [5.41, 5.74) is 9.80. The molecule has 0 spiro atoms. The third-order valence-electron chi connectivity index (χ3n) is 3.16. The highest BCUT2D eigenvalue weighted by atomic mass is 32.1. The van der Waals surface area contributed by atoms with Crippen molar-refractivity contribution in [2.45, 2.75) is 6.92 Å². The molecule has 0 atom stereocenters. The first kappa shape index (κ1) is 12.0. The van der Waals surface area contributed by atoms with Gasteiger partial charge in [0, 0.05) is 16.6 Å². The topological polar surface area (TPSA) is 48.1 Å². The van der Waals surface area contributed by atoms with Crippen LogP contribution in [0.4, 0.5) is 5.69 Å². The third-order valence-corrected chi connectivity index (χ3v) is 3.99. The molecule has 0 saturated carbocycles. The van der Waals surface area contributed by atoms with Gasteiger partial charge in [-0.2, -0.15) is 4.37 Å². The summed E-state index contributed by atoms with van der Waals surface area (Å²) in [6.45, 7) is 2.03.